The third kappa shape index (κ3) is 2.13. The van der Waals surface area contributed by atoms with Gasteiger partial charge < -0.3 is 5.32 Å². The third-order valence-electron chi connectivity index (χ3n) is 4.58. The van der Waals surface area contributed by atoms with Crippen molar-refractivity contribution >= 4 is 0 Å². The van der Waals surface area contributed by atoms with Crippen molar-refractivity contribution in [2.45, 2.75) is 51.4 Å². The Labute approximate surface area is 103 Å². The van der Waals surface area contributed by atoms with E-state index in [0.717, 1.165) is 19.0 Å². The summed E-state index contributed by atoms with van der Waals surface area (Å²) < 4.78 is 0. The molecule has 0 saturated carbocycles. The summed E-state index contributed by atoms with van der Waals surface area (Å²) in [7, 11) is 0. The molecular weight excluding hydrogens is 210 g/mol. The fourth-order valence-electron chi connectivity index (χ4n) is 3.37. The molecule has 2 N–H and O–H groups in total. The molecule has 0 spiro atoms. The Morgan fingerprint density at radius 3 is 2.82 bits per heavy atom. The van der Waals surface area contributed by atoms with Gasteiger partial charge in [-0.15, -0.1) is 0 Å². The van der Waals surface area contributed by atoms with Crippen LogP contribution in [-0.4, -0.2) is 23.3 Å². The number of nitrogens with one attached hydrogen (secondary N) is 2. The first-order valence-electron chi connectivity index (χ1n) is 7.15. The summed E-state index contributed by atoms with van der Waals surface area (Å²) in [4.78, 5) is 0. The second kappa shape index (κ2) is 4.81. The summed E-state index contributed by atoms with van der Waals surface area (Å²) in [5.41, 5.74) is 4.41. The highest BCUT2D eigenvalue weighted by molar-refractivity contribution is 5.31. The molecule has 0 bridgehead atoms. The van der Waals surface area contributed by atoms with Crippen molar-refractivity contribution in [3.05, 3.63) is 17.0 Å². The summed E-state index contributed by atoms with van der Waals surface area (Å²) in [5, 5.41) is 11.4. The van der Waals surface area contributed by atoms with Crippen LogP contribution in [0.15, 0.2) is 0 Å². The van der Waals surface area contributed by atoms with Crippen LogP contribution in [0.25, 0.3) is 0 Å². The number of aryl methyl sites for hydroxylation is 1. The molecule has 17 heavy (non-hydrogen) atoms. The molecule has 2 aliphatic rings. The molecule has 1 unspecified atom stereocenters. The van der Waals surface area contributed by atoms with Gasteiger partial charge in [-0.05, 0) is 56.7 Å². The van der Waals surface area contributed by atoms with Gasteiger partial charge in [0.05, 0.1) is 5.69 Å². The zero-order valence-corrected chi connectivity index (χ0v) is 10.8. The van der Waals surface area contributed by atoms with E-state index < -0.39 is 0 Å². The fourth-order valence-corrected chi connectivity index (χ4v) is 3.37. The first-order chi connectivity index (χ1) is 8.38. The second-order valence-electron chi connectivity index (χ2n) is 5.61. The minimum Gasteiger partial charge on any atom is -0.317 e. The van der Waals surface area contributed by atoms with E-state index in [1.54, 1.807) is 5.56 Å². The van der Waals surface area contributed by atoms with Crippen molar-refractivity contribution < 1.29 is 0 Å². The molecule has 1 aromatic heterocycles. The number of aromatic nitrogens is 2. The van der Waals surface area contributed by atoms with Gasteiger partial charge in [0, 0.05) is 11.6 Å². The lowest BCUT2D eigenvalue weighted by Crippen LogP contribution is -2.27. The Morgan fingerprint density at radius 1 is 1.24 bits per heavy atom. The maximum Gasteiger partial charge on any atom is 0.0688 e. The number of hydrogen-bond acceptors (Lipinski definition) is 2. The molecule has 1 aromatic rings. The number of rotatable bonds is 2. The first kappa shape index (κ1) is 11.3. The van der Waals surface area contributed by atoms with Crippen LogP contribution in [0, 0.1) is 5.92 Å². The zero-order chi connectivity index (χ0) is 11.7. The molecule has 1 saturated heterocycles. The second-order valence-corrected chi connectivity index (χ2v) is 5.61. The molecule has 3 nitrogen and oxygen atoms in total. The maximum absolute atomic E-state index is 4.64. The highest BCUT2D eigenvalue weighted by Crippen LogP contribution is 2.34. The van der Waals surface area contributed by atoms with Crippen LogP contribution in [0.1, 0.15) is 55.5 Å². The number of piperidine rings is 1. The minimum atomic E-state index is 0.701. The molecule has 3 rings (SSSR count). The number of H-pyrrole nitrogens is 1. The van der Waals surface area contributed by atoms with Gasteiger partial charge in [-0.3, -0.25) is 5.10 Å². The van der Waals surface area contributed by atoms with Gasteiger partial charge in [0.15, 0.2) is 0 Å². The average Bonchev–Trinajstić information content (AvgIpc) is 2.82. The molecule has 0 radical (unpaired) electrons. The number of fused-ring (bicyclic) bond motifs is 1. The van der Waals surface area contributed by atoms with E-state index in [-0.39, 0.29) is 0 Å². The van der Waals surface area contributed by atoms with Crippen LogP contribution in [0.5, 0.6) is 0 Å². The van der Waals surface area contributed by atoms with Crippen LogP contribution < -0.4 is 5.32 Å². The summed E-state index contributed by atoms with van der Waals surface area (Å²) in [6.07, 6.45) is 7.66. The average molecular weight is 233 g/mol. The van der Waals surface area contributed by atoms with E-state index in [1.807, 2.05) is 0 Å². The van der Waals surface area contributed by atoms with E-state index in [0.29, 0.717) is 5.92 Å². The van der Waals surface area contributed by atoms with Crippen LogP contribution in [0.3, 0.4) is 0 Å². The molecule has 1 aliphatic heterocycles. The molecule has 0 amide bonds. The van der Waals surface area contributed by atoms with E-state index in [4.69, 9.17) is 0 Å². The minimum absolute atomic E-state index is 0.701. The van der Waals surface area contributed by atoms with Crippen LogP contribution in [0.4, 0.5) is 0 Å². The van der Waals surface area contributed by atoms with Crippen molar-refractivity contribution in [3.8, 4) is 0 Å². The Balaban J connectivity index is 1.83. The smallest absolute Gasteiger partial charge is 0.0688 e. The molecule has 0 aromatic carbocycles. The van der Waals surface area contributed by atoms with E-state index in [9.17, 15) is 0 Å². The van der Waals surface area contributed by atoms with Gasteiger partial charge in [0.1, 0.15) is 0 Å². The normalized spacial score (nSPS) is 25.8. The Hall–Kier alpha value is -0.830. The topological polar surface area (TPSA) is 40.7 Å². The predicted molar refractivity (Wildman–Crippen MR) is 69.2 cm³/mol. The lowest BCUT2D eigenvalue weighted by molar-refractivity contribution is 0.427. The molecule has 1 atom stereocenters. The lowest BCUT2D eigenvalue weighted by Gasteiger charge is -2.25. The molecule has 3 heteroatoms. The highest BCUT2D eigenvalue weighted by atomic mass is 15.1. The van der Waals surface area contributed by atoms with E-state index in [1.165, 1.54) is 49.9 Å². The largest absolute Gasteiger partial charge is 0.317 e. The Bertz CT molecular complexity index is 377. The van der Waals surface area contributed by atoms with E-state index in [2.05, 4.69) is 22.4 Å². The standard InChI is InChI=1S/C14H23N3/c1-2-10-3-4-13-12(9-10)14(17-16-13)11-5-7-15-8-6-11/h10-11,15H,2-9H2,1H3,(H,16,17). The number of nitrogens with zero attached hydrogens (tertiary/aromatic N) is 1. The van der Waals surface area contributed by atoms with Gasteiger partial charge in [-0.2, -0.15) is 5.10 Å². The van der Waals surface area contributed by atoms with Crippen molar-refractivity contribution in [2.75, 3.05) is 13.1 Å². The molecular formula is C14H23N3. The number of hydrogen-bond donors (Lipinski definition) is 2. The maximum atomic E-state index is 4.64. The Kier molecular flexibility index (Phi) is 3.19. The van der Waals surface area contributed by atoms with Gasteiger partial charge in [0.2, 0.25) is 0 Å². The quantitative estimate of drug-likeness (QED) is 0.823. The van der Waals surface area contributed by atoms with Crippen molar-refractivity contribution in [1.29, 1.82) is 0 Å². The van der Waals surface area contributed by atoms with Crippen molar-refractivity contribution in [2.24, 2.45) is 5.92 Å². The summed E-state index contributed by atoms with van der Waals surface area (Å²) in [5.74, 6) is 1.59. The van der Waals surface area contributed by atoms with Gasteiger partial charge in [0.25, 0.3) is 0 Å². The van der Waals surface area contributed by atoms with Gasteiger partial charge >= 0.3 is 0 Å². The van der Waals surface area contributed by atoms with Crippen molar-refractivity contribution in [1.82, 2.24) is 15.5 Å². The lowest BCUT2D eigenvalue weighted by atomic mass is 9.81. The van der Waals surface area contributed by atoms with Gasteiger partial charge in [-0.1, -0.05) is 13.3 Å². The third-order valence-corrected chi connectivity index (χ3v) is 4.58. The van der Waals surface area contributed by atoms with Crippen LogP contribution >= 0.6 is 0 Å². The van der Waals surface area contributed by atoms with Crippen LogP contribution in [0.2, 0.25) is 0 Å². The molecule has 94 valence electrons. The highest BCUT2D eigenvalue weighted by Gasteiger charge is 2.27. The zero-order valence-electron chi connectivity index (χ0n) is 10.8. The van der Waals surface area contributed by atoms with Gasteiger partial charge in [-0.25, -0.2) is 0 Å². The fraction of sp³-hybridized carbons (Fsp3) is 0.786. The summed E-state index contributed by atoms with van der Waals surface area (Å²) >= 11 is 0. The monoisotopic (exact) mass is 233 g/mol. The van der Waals surface area contributed by atoms with Crippen LogP contribution in [-0.2, 0) is 12.8 Å². The SMILES string of the molecule is CCC1CCc2[nH]nc(C3CCNCC3)c2C1. The van der Waals surface area contributed by atoms with E-state index >= 15 is 0 Å². The number of aromatic amines is 1. The molecule has 1 fully saturated rings. The Morgan fingerprint density at radius 2 is 2.06 bits per heavy atom. The first-order valence-corrected chi connectivity index (χ1v) is 7.15. The summed E-state index contributed by atoms with van der Waals surface area (Å²) in [6.45, 7) is 4.63. The van der Waals surface area contributed by atoms with Crippen molar-refractivity contribution in [3.63, 3.8) is 0 Å². The molecule has 1 aliphatic carbocycles. The molecule has 2 heterocycles. The summed E-state index contributed by atoms with van der Waals surface area (Å²) in [6, 6.07) is 0. The predicted octanol–water partition coefficient (Wildman–Crippen LogP) is 2.39.